The maximum atomic E-state index is 13.0. The van der Waals surface area contributed by atoms with Crippen LogP contribution in [0.3, 0.4) is 0 Å². The molecular formula is C25H26N2O4S. The van der Waals surface area contributed by atoms with Crippen LogP contribution in [-0.4, -0.2) is 38.3 Å². The number of thiophene rings is 1. The number of aromatic nitrogens is 1. The number of nitrogens with zero attached hydrogens (tertiary/aromatic N) is 1. The quantitative estimate of drug-likeness (QED) is 0.400. The number of benzene rings is 2. The van der Waals surface area contributed by atoms with Gasteiger partial charge < -0.3 is 24.1 Å². The van der Waals surface area contributed by atoms with Crippen LogP contribution in [0.5, 0.6) is 17.2 Å². The van der Waals surface area contributed by atoms with E-state index in [2.05, 4.69) is 9.88 Å². The number of methoxy groups -OCH3 is 3. The minimum atomic E-state index is -0.0811. The Kier molecular flexibility index (Phi) is 6.66. The highest BCUT2D eigenvalue weighted by Crippen LogP contribution is 2.28. The lowest BCUT2D eigenvalue weighted by Crippen LogP contribution is -2.28. The minimum Gasteiger partial charge on any atom is -0.497 e. The summed E-state index contributed by atoms with van der Waals surface area (Å²) in [6.45, 7) is 1.14. The van der Waals surface area contributed by atoms with Gasteiger partial charge in [0.05, 0.1) is 21.3 Å². The molecule has 7 heteroatoms. The molecule has 0 atom stereocenters. The number of nitrogens with one attached hydrogen (secondary N) is 1. The Morgan fingerprint density at radius 2 is 1.66 bits per heavy atom. The van der Waals surface area contributed by atoms with E-state index in [1.807, 2.05) is 60.0 Å². The third-order valence-corrected chi connectivity index (χ3v) is 6.33. The van der Waals surface area contributed by atoms with Gasteiger partial charge in [-0.3, -0.25) is 4.79 Å². The van der Waals surface area contributed by atoms with E-state index in [1.54, 1.807) is 32.7 Å². The lowest BCUT2D eigenvalue weighted by Gasteiger charge is -2.12. The second kappa shape index (κ2) is 9.78. The molecule has 0 fully saturated rings. The van der Waals surface area contributed by atoms with E-state index in [0.717, 1.165) is 27.1 Å². The van der Waals surface area contributed by atoms with Gasteiger partial charge in [-0.1, -0.05) is 18.2 Å². The third kappa shape index (κ3) is 4.57. The predicted octanol–water partition coefficient (Wildman–Crippen LogP) is 4.75. The lowest BCUT2D eigenvalue weighted by atomic mass is 10.1. The molecule has 0 unspecified atom stereocenters. The molecule has 0 saturated heterocycles. The van der Waals surface area contributed by atoms with Crippen LogP contribution in [0.2, 0.25) is 0 Å². The largest absolute Gasteiger partial charge is 0.497 e. The fourth-order valence-corrected chi connectivity index (χ4v) is 4.58. The maximum absolute atomic E-state index is 13.0. The molecule has 1 N–H and O–H groups in total. The molecular weight excluding hydrogens is 424 g/mol. The van der Waals surface area contributed by atoms with E-state index in [4.69, 9.17) is 14.2 Å². The number of carbonyl (C=O) groups is 1. The number of ether oxygens (including phenoxy) is 3. The summed E-state index contributed by atoms with van der Waals surface area (Å²) in [6, 6.07) is 17.7. The van der Waals surface area contributed by atoms with Crippen molar-refractivity contribution < 1.29 is 19.0 Å². The first-order valence-electron chi connectivity index (χ1n) is 10.3. The molecule has 4 aromatic rings. The molecule has 0 radical (unpaired) electrons. The first-order chi connectivity index (χ1) is 15.6. The summed E-state index contributed by atoms with van der Waals surface area (Å²) in [5.41, 5.74) is 2.84. The van der Waals surface area contributed by atoms with Crippen LogP contribution in [0.15, 0.2) is 60.0 Å². The number of rotatable bonds is 9. The van der Waals surface area contributed by atoms with Crippen LogP contribution in [0.4, 0.5) is 0 Å². The van der Waals surface area contributed by atoms with Crippen molar-refractivity contribution in [2.24, 2.45) is 0 Å². The molecule has 2 aromatic carbocycles. The number of carbonyl (C=O) groups excluding carboxylic acids is 1. The Morgan fingerprint density at radius 1 is 0.906 bits per heavy atom. The summed E-state index contributed by atoms with van der Waals surface area (Å²) in [7, 11) is 4.89. The molecule has 2 aromatic heterocycles. The predicted molar refractivity (Wildman–Crippen MR) is 127 cm³/mol. The van der Waals surface area contributed by atoms with Crippen LogP contribution in [0, 0.1) is 0 Å². The molecule has 0 aliphatic rings. The second-order valence-electron chi connectivity index (χ2n) is 7.34. The lowest BCUT2D eigenvalue weighted by molar-refractivity contribution is 0.0946. The first kappa shape index (κ1) is 21.8. The highest BCUT2D eigenvalue weighted by molar-refractivity contribution is 7.16. The second-order valence-corrected chi connectivity index (χ2v) is 8.23. The molecule has 4 rings (SSSR count). The minimum absolute atomic E-state index is 0.0811. The van der Waals surface area contributed by atoms with Crippen molar-refractivity contribution in [2.45, 2.75) is 13.0 Å². The highest BCUT2D eigenvalue weighted by atomic mass is 32.1. The summed E-state index contributed by atoms with van der Waals surface area (Å²) < 4.78 is 18.0. The van der Waals surface area contributed by atoms with Gasteiger partial charge in [-0.05, 0) is 59.3 Å². The van der Waals surface area contributed by atoms with Crippen molar-refractivity contribution in [2.75, 3.05) is 27.9 Å². The molecule has 0 aliphatic carbocycles. The number of hydrogen-bond acceptors (Lipinski definition) is 5. The van der Waals surface area contributed by atoms with Gasteiger partial charge in [0.2, 0.25) is 0 Å². The number of amides is 1. The van der Waals surface area contributed by atoms with Gasteiger partial charge in [0.25, 0.3) is 5.91 Å². The van der Waals surface area contributed by atoms with Gasteiger partial charge in [-0.25, -0.2) is 0 Å². The fourth-order valence-electron chi connectivity index (χ4n) is 3.68. The van der Waals surface area contributed by atoms with Crippen LogP contribution < -0.4 is 19.5 Å². The summed E-state index contributed by atoms with van der Waals surface area (Å²) in [5, 5.41) is 6.19. The zero-order chi connectivity index (χ0) is 22.5. The number of hydrogen-bond donors (Lipinski definition) is 1. The molecule has 0 aliphatic heterocycles. The summed E-state index contributed by atoms with van der Waals surface area (Å²) in [6.07, 6.45) is 0.694. The van der Waals surface area contributed by atoms with E-state index in [0.29, 0.717) is 36.7 Å². The van der Waals surface area contributed by atoms with E-state index in [-0.39, 0.29) is 5.91 Å². The van der Waals surface area contributed by atoms with Crippen LogP contribution in [0.25, 0.3) is 10.2 Å². The van der Waals surface area contributed by atoms with E-state index < -0.39 is 0 Å². The maximum Gasteiger partial charge on any atom is 0.267 e. The van der Waals surface area contributed by atoms with Gasteiger partial charge in [0.15, 0.2) is 11.5 Å². The van der Waals surface area contributed by atoms with Gasteiger partial charge in [-0.2, -0.15) is 0 Å². The molecule has 2 heterocycles. The Bertz CT molecular complexity index is 1210. The molecule has 32 heavy (non-hydrogen) atoms. The average molecular weight is 451 g/mol. The fraction of sp³-hybridized carbons (Fsp3) is 0.240. The SMILES string of the molecule is COc1ccc(Cn2c(C(=O)NCCc3ccc(OC)c(OC)c3)cc3ccsc32)cc1. The van der Waals surface area contributed by atoms with Crippen LogP contribution in [-0.2, 0) is 13.0 Å². The molecule has 166 valence electrons. The van der Waals surface area contributed by atoms with Gasteiger partial charge in [0, 0.05) is 18.5 Å². The Balaban J connectivity index is 1.47. The van der Waals surface area contributed by atoms with Gasteiger partial charge in [0.1, 0.15) is 16.3 Å². The van der Waals surface area contributed by atoms with Crippen molar-refractivity contribution in [1.29, 1.82) is 0 Å². The molecule has 6 nitrogen and oxygen atoms in total. The van der Waals surface area contributed by atoms with E-state index in [9.17, 15) is 4.79 Å². The highest BCUT2D eigenvalue weighted by Gasteiger charge is 2.17. The van der Waals surface area contributed by atoms with E-state index >= 15 is 0 Å². The zero-order valence-corrected chi connectivity index (χ0v) is 19.2. The first-order valence-corrected chi connectivity index (χ1v) is 11.2. The average Bonchev–Trinajstić information content (AvgIpc) is 3.42. The smallest absolute Gasteiger partial charge is 0.267 e. The Morgan fingerprint density at radius 3 is 2.38 bits per heavy atom. The molecule has 1 amide bonds. The van der Waals surface area contributed by atoms with Gasteiger partial charge in [-0.15, -0.1) is 11.3 Å². The zero-order valence-electron chi connectivity index (χ0n) is 18.4. The molecule has 0 spiro atoms. The summed E-state index contributed by atoms with van der Waals surface area (Å²) >= 11 is 1.64. The Labute approximate surface area is 191 Å². The summed E-state index contributed by atoms with van der Waals surface area (Å²) in [5.74, 6) is 2.11. The van der Waals surface area contributed by atoms with E-state index in [1.165, 1.54) is 0 Å². The van der Waals surface area contributed by atoms with Gasteiger partial charge >= 0.3 is 0 Å². The van der Waals surface area contributed by atoms with Crippen molar-refractivity contribution in [3.05, 3.63) is 76.8 Å². The van der Waals surface area contributed by atoms with Crippen molar-refractivity contribution >= 4 is 27.5 Å². The standard InChI is InChI=1S/C25H26N2O4S/c1-29-20-7-4-18(5-8-20)16-27-21(15-19-11-13-32-25(19)27)24(28)26-12-10-17-6-9-22(30-2)23(14-17)31-3/h4-9,11,13-15H,10,12,16H2,1-3H3,(H,26,28). The molecule has 0 bridgehead atoms. The topological polar surface area (TPSA) is 61.7 Å². The number of fused-ring (bicyclic) bond motifs is 1. The van der Waals surface area contributed by atoms with Crippen molar-refractivity contribution in [3.8, 4) is 17.2 Å². The normalized spacial score (nSPS) is 10.8. The van der Waals surface area contributed by atoms with Crippen LogP contribution in [0.1, 0.15) is 21.6 Å². The third-order valence-electron chi connectivity index (χ3n) is 5.38. The monoisotopic (exact) mass is 450 g/mol. The molecule has 0 saturated carbocycles. The Hall–Kier alpha value is -3.45. The van der Waals surface area contributed by atoms with Crippen molar-refractivity contribution in [1.82, 2.24) is 9.88 Å². The van der Waals surface area contributed by atoms with Crippen LogP contribution >= 0.6 is 11.3 Å². The summed E-state index contributed by atoms with van der Waals surface area (Å²) in [4.78, 5) is 14.1. The van der Waals surface area contributed by atoms with Crippen molar-refractivity contribution in [3.63, 3.8) is 0 Å².